The number of Topliss-reactive ketones (excluding diaryl/α,β-unsaturated/α-hetero) is 2. The summed E-state index contributed by atoms with van der Waals surface area (Å²) in [5.41, 5.74) is -0.0969. The molecule has 0 radical (unpaired) electrons. The number of aliphatic hydroxyl groups excluding tert-OH is 1. The topological polar surface area (TPSA) is 91.7 Å². The number of fused-ring (bicyclic) bond motifs is 1. The van der Waals surface area contributed by atoms with E-state index in [1.165, 1.54) is 24.3 Å². The number of hydrogen-bond acceptors (Lipinski definition) is 4. The quantitative estimate of drug-likeness (QED) is 0.380. The van der Waals surface area contributed by atoms with Crippen LogP contribution in [0.5, 0.6) is 0 Å². The van der Waals surface area contributed by atoms with Crippen LogP contribution in [0.4, 0.5) is 0 Å². The van der Waals surface area contributed by atoms with Crippen LogP contribution in [0.15, 0.2) is 54.3 Å². The number of aromatic carboxylic acids is 1. The predicted octanol–water partition coefficient (Wildman–Crippen LogP) is 2.32. The number of carboxylic acids is 1. The monoisotopic (exact) mass is 270 g/mol. The van der Waals surface area contributed by atoms with Gasteiger partial charge >= 0.3 is 5.97 Å². The van der Waals surface area contributed by atoms with Crippen LogP contribution >= 0.6 is 0 Å². The molecule has 5 nitrogen and oxygen atoms in total. The SMILES string of the molecule is C=C/C=C(O)/C=C1/C(=O)c2ccc(C(=O)O)cc2C1=O. The number of carboxylic acid groups (broad SMARTS) is 1. The Morgan fingerprint density at radius 1 is 1.10 bits per heavy atom. The van der Waals surface area contributed by atoms with Gasteiger partial charge in [0.15, 0.2) is 11.6 Å². The third-order valence-corrected chi connectivity index (χ3v) is 2.83. The molecule has 0 atom stereocenters. The number of allylic oxidation sites excluding steroid dienone is 4. The van der Waals surface area contributed by atoms with E-state index in [4.69, 9.17) is 5.11 Å². The highest BCUT2D eigenvalue weighted by Crippen LogP contribution is 2.28. The van der Waals surface area contributed by atoms with Gasteiger partial charge in [-0.05, 0) is 30.4 Å². The highest BCUT2D eigenvalue weighted by atomic mass is 16.4. The summed E-state index contributed by atoms with van der Waals surface area (Å²) in [6, 6.07) is 3.72. The summed E-state index contributed by atoms with van der Waals surface area (Å²) >= 11 is 0. The molecule has 1 aliphatic carbocycles. The molecule has 2 rings (SSSR count). The predicted molar refractivity (Wildman–Crippen MR) is 71.1 cm³/mol. The van der Waals surface area contributed by atoms with Gasteiger partial charge in [0, 0.05) is 11.1 Å². The van der Waals surface area contributed by atoms with Crippen molar-refractivity contribution in [3.05, 3.63) is 71.0 Å². The maximum absolute atomic E-state index is 12.1. The van der Waals surface area contributed by atoms with Crippen LogP contribution in [0, 0.1) is 0 Å². The van der Waals surface area contributed by atoms with Crippen LogP contribution in [0.1, 0.15) is 31.1 Å². The number of rotatable bonds is 3. The van der Waals surface area contributed by atoms with Crippen LogP contribution in [0.3, 0.4) is 0 Å². The van der Waals surface area contributed by atoms with E-state index in [1.54, 1.807) is 0 Å². The normalized spacial score (nSPS) is 16.4. The van der Waals surface area contributed by atoms with Crippen molar-refractivity contribution in [2.24, 2.45) is 0 Å². The average molecular weight is 270 g/mol. The van der Waals surface area contributed by atoms with E-state index >= 15 is 0 Å². The van der Waals surface area contributed by atoms with Gasteiger partial charge in [0.05, 0.1) is 11.1 Å². The van der Waals surface area contributed by atoms with E-state index in [0.717, 1.165) is 12.1 Å². The second kappa shape index (κ2) is 4.97. The third-order valence-electron chi connectivity index (χ3n) is 2.83. The summed E-state index contributed by atoms with van der Waals surface area (Å²) in [7, 11) is 0. The zero-order chi connectivity index (χ0) is 14.9. The molecular weight excluding hydrogens is 260 g/mol. The molecule has 0 amide bonds. The molecule has 0 bridgehead atoms. The van der Waals surface area contributed by atoms with Gasteiger partial charge in [-0.15, -0.1) is 0 Å². The minimum Gasteiger partial charge on any atom is -0.508 e. The van der Waals surface area contributed by atoms with Gasteiger partial charge in [0.25, 0.3) is 0 Å². The molecule has 1 aromatic rings. The maximum atomic E-state index is 12.1. The third kappa shape index (κ3) is 2.16. The molecule has 100 valence electrons. The van der Waals surface area contributed by atoms with Crippen LogP contribution in [0.25, 0.3) is 0 Å². The van der Waals surface area contributed by atoms with Crippen molar-refractivity contribution in [2.45, 2.75) is 0 Å². The second-order valence-electron chi connectivity index (χ2n) is 4.11. The van der Waals surface area contributed by atoms with Crippen molar-refractivity contribution in [3.63, 3.8) is 0 Å². The van der Waals surface area contributed by atoms with Crippen LogP contribution in [0.2, 0.25) is 0 Å². The maximum Gasteiger partial charge on any atom is 0.335 e. The van der Waals surface area contributed by atoms with Gasteiger partial charge in [-0.3, -0.25) is 9.59 Å². The molecule has 0 spiro atoms. The van der Waals surface area contributed by atoms with Gasteiger partial charge in [0.2, 0.25) is 0 Å². The lowest BCUT2D eigenvalue weighted by Crippen LogP contribution is -2.01. The van der Waals surface area contributed by atoms with E-state index in [1.807, 2.05) is 0 Å². The molecule has 1 aromatic carbocycles. The number of ketones is 2. The Morgan fingerprint density at radius 2 is 1.75 bits per heavy atom. The molecule has 0 saturated carbocycles. The number of hydrogen-bond donors (Lipinski definition) is 2. The van der Waals surface area contributed by atoms with Gasteiger partial charge in [0.1, 0.15) is 5.76 Å². The van der Waals surface area contributed by atoms with Crippen molar-refractivity contribution in [3.8, 4) is 0 Å². The molecule has 0 aliphatic heterocycles. The van der Waals surface area contributed by atoms with Crippen LogP contribution in [-0.4, -0.2) is 27.7 Å². The first kappa shape index (κ1) is 13.5. The van der Waals surface area contributed by atoms with E-state index in [-0.39, 0.29) is 28.0 Å². The van der Waals surface area contributed by atoms with Crippen molar-refractivity contribution < 1.29 is 24.6 Å². The Kier molecular flexibility index (Phi) is 3.35. The molecule has 5 heteroatoms. The molecule has 0 heterocycles. The Hall–Kier alpha value is -2.95. The fraction of sp³-hybridized carbons (Fsp3) is 0. The fourth-order valence-electron chi connectivity index (χ4n) is 1.90. The lowest BCUT2D eigenvalue weighted by Gasteiger charge is -1.97. The Labute approximate surface area is 114 Å². The lowest BCUT2D eigenvalue weighted by atomic mass is 10.1. The van der Waals surface area contributed by atoms with Gasteiger partial charge < -0.3 is 10.2 Å². The van der Waals surface area contributed by atoms with Gasteiger partial charge in [-0.2, -0.15) is 0 Å². The molecule has 2 N–H and O–H groups in total. The zero-order valence-corrected chi connectivity index (χ0v) is 10.3. The first-order chi connectivity index (χ1) is 9.45. The Morgan fingerprint density at radius 3 is 2.35 bits per heavy atom. The number of aliphatic hydroxyl groups is 1. The highest BCUT2D eigenvalue weighted by molar-refractivity contribution is 6.39. The summed E-state index contributed by atoms with van der Waals surface area (Å²) in [5, 5.41) is 18.4. The lowest BCUT2D eigenvalue weighted by molar-refractivity contribution is 0.0696. The number of carbonyl (C=O) groups is 3. The highest BCUT2D eigenvalue weighted by Gasteiger charge is 2.33. The summed E-state index contributed by atoms with van der Waals surface area (Å²) in [5.74, 6) is -2.59. The molecule has 0 unspecified atom stereocenters. The van der Waals surface area contributed by atoms with Crippen LogP contribution < -0.4 is 0 Å². The smallest absolute Gasteiger partial charge is 0.335 e. The summed E-state index contributed by atoms with van der Waals surface area (Å²) in [6.45, 7) is 3.38. The van der Waals surface area contributed by atoms with Gasteiger partial charge in [-0.25, -0.2) is 4.79 Å². The van der Waals surface area contributed by atoms with E-state index in [0.29, 0.717) is 0 Å². The number of carbonyl (C=O) groups excluding carboxylic acids is 2. The standard InChI is InChI=1S/C15H10O5/c1-2-3-9(16)7-12-13(17)10-5-4-8(15(19)20)6-11(10)14(12)18/h2-7,16H,1H2,(H,19,20)/b9-3-,12-7-. The van der Waals surface area contributed by atoms with E-state index in [9.17, 15) is 19.5 Å². The van der Waals surface area contributed by atoms with Crippen molar-refractivity contribution in [2.75, 3.05) is 0 Å². The van der Waals surface area contributed by atoms with Crippen molar-refractivity contribution >= 4 is 17.5 Å². The van der Waals surface area contributed by atoms with Crippen molar-refractivity contribution in [1.82, 2.24) is 0 Å². The summed E-state index contributed by atoms with van der Waals surface area (Å²) < 4.78 is 0. The average Bonchev–Trinajstić information content (AvgIpc) is 2.64. The van der Waals surface area contributed by atoms with Crippen molar-refractivity contribution in [1.29, 1.82) is 0 Å². The zero-order valence-electron chi connectivity index (χ0n) is 10.3. The first-order valence-corrected chi connectivity index (χ1v) is 5.66. The Balaban J connectivity index is 2.53. The summed E-state index contributed by atoms with van der Waals surface area (Å²) in [4.78, 5) is 35.0. The molecule has 0 aromatic heterocycles. The minimum absolute atomic E-state index is 0.0348. The first-order valence-electron chi connectivity index (χ1n) is 5.66. The minimum atomic E-state index is -1.18. The molecule has 0 saturated heterocycles. The largest absolute Gasteiger partial charge is 0.508 e. The molecule has 20 heavy (non-hydrogen) atoms. The van der Waals surface area contributed by atoms with Crippen LogP contribution in [-0.2, 0) is 0 Å². The van der Waals surface area contributed by atoms with E-state index < -0.39 is 17.5 Å². The van der Waals surface area contributed by atoms with E-state index in [2.05, 4.69) is 6.58 Å². The fourth-order valence-corrected chi connectivity index (χ4v) is 1.90. The molecule has 0 fully saturated rings. The second-order valence-corrected chi connectivity index (χ2v) is 4.11. The van der Waals surface area contributed by atoms with Gasteiger partial charge in [-0.1, -0.05) is 12.7 Å². The Bertz CT molecular complexity index is 707. The molecule has 1 aliphatic rings. The molecular formula is C15H10O5. The number of benzene rings is 1. The summed E-state index contributed by atoms with van der Waals surface area (Å²) in [6.07, 6.45) is 3.60.